The van der Waals surface area contributed by atoms with Gasteiger partial charge in [0.05, 0.1) is 16.6 Å². The molecule has 3 N–H and O–H groups in total. The summed E-state index contributed by atoms with van der Waals surface area (Å²) in [5.41, 5.74) is 15.0. The Bertz CT molecular complexity index is 2740. The third kappa shape index (κ3) is 6.24. The minimum absolute atomic E-state index is 1.11. The van der Waals surface area contributed by atoms with E-state index in [9.17, 15) is 0 Å². The number of nitrogens with one attached hydrogen (secondary N) is 3. The molecule has 0 amide bonds. The molecule has 0 saturated carbocycles. The van der Waals surface area contributed by atoms with Crippen molar-refractivity contribution in [1.29, 1.82) is 0 Å². The van der Waals surface area contributed by atoms with E-state index in [0.29, 0.717) is 0 Å². The van der Waals surface area contributed by atoms with Crippen molar-refractivity contribution >= 4 is 89.2 Å². The van der Waals surface area contributed by atoms with Gasteiger partial charge < -0.3 is 15.0 Å². The lowest BCUT2D eigenvalue weighted by Gasteiger charge is -2.05. The highest BCUT2D eigenvalue weighted by Crippen LogP contribution is 2.45. The fourth-order valence-electron chi connectivity index (χ4n) is 7.37. The summed E-state index contributed by atoms with van der Waals surface area (Å²) in [7, 11) is 0. The predicted octanol–water partition coefficient (Wildman–Crippen LogP) is 14.4. The lowest BCUT2D eigenvalue weighted by atomic mass is 9.97. The highest BCUT2D eigenvalue weighted by atomic mass is 32.1. The van der Waals surface area contributed by atoms with Gasteiger partial charge in [-0.1, -0.05) is 124 Å². The molecule has 0 aliphatic heterocycles. The second kappa shape index (κ2) is 15.7. The first-order valence-corrected chi connectivity index (χ1v) is 18.8. The molecular formula is C48H47N3S. The van der Waals surface area contributed by atoms with E-state index in [1.165, 1.54) is 54.6 Å². The number of fused-ring (bicyclic) bond motifs is 12. The van der Waals surface area contributed by atoms with Gasteiger partial charge in [0.25, 0.3) is 0 Å². The van der Waals surface area contributed by atoms with Crippen LogP contribution in [0.2, 0.25) is 0 Å². The summed E-state index contributed by atoms with van der Waals surface area (Å²) in [5, 5.41) is 7.19. The molecular weight excluding hydrogens is 651 g/mol. The van der Waals surface area contributed by atoms with Crippen LogP contribution in [0.1, 0.15) is 44.4 Å². The van der Waals surface area contributed by atoms with Crippen molar-refractivity contribution in [1.82, 2.24) is 15.0 Å². The van der Waals surface area contributed by atoms with Crippen molar-refractivity contribution in [2.75, 3.05) is 6.26 Å². The van der Waals surface area contributed by atoms with Crippen molar-refractivity contribution in [3.05, 3.63) is 157 Å². The first-order valence-electron chi connectivity index (χ1n) is 17.9. The monoisotopic (exact) mass is 697 g/mol. The molecule has 5 aromatic carbocycles. The van der Waals surface area contributed by atoms with E-state index in [2.05, 4.69) is 171 Å². The van der Waals surface area contributed by atoms with Gasteiger partial charge in [0.15, 0.2) is 0 Å². The Labute approximate surface area is 312 Å². The molecule has 3 heterocycles. The topological polar surface area (TPSA) is 47.4 Å². The lowest BCUT2D eigenvalue weighted by Crippen LogP contribution is -1.82. The third-order valence-corrected chi connectivity index (χ3v) is 9.53. The van der Waals surface area contributed by atoms with Crippen molar-refractivity contribution in [3.8, 4) is 11.1 Å². The highest BCUT2D eigenvalue weighted by molar-refractivity contribution is 7.79. The molecule has 260 valence electrons. The number of benzene rings is 5. The first kappa shape index (κ1) is 36.1. The van der Waals surface area contributed by atoms with Gasteiger partial charge in [0, 0.05) is 48.9 Å². The van der Waals surface area contributed by atoms with Gasteiger partial charge in [-0.05, 0) is 96.8 Å². The van der Waals surface area contributed by atoms with Gasteiger partial charge >= 0.3 is 0 Å². The van der Waals surface area contributed by atoms with Gasteiger partial charge in [-0.2, -0.15) is 12.6 Å². The van der Waals surface area contributed by atoms with Gasteiger partial charge in [-0.25, -0.2) is 0 Å². The van der Waals surface area contributed by atoms with Crippen LogP contribution in [-0.2, 0) is 0 Å². The largest absolute Gasteiger partial charge is 0.354 e. The summed E-state index contributed by atoms with van der Waals surface area (Å²) >= 11 is 3.53. The van der Waals surface area contributed by atoms with Crippen LogP contribution < -0.4 is 0 Å². The maximum atomic E-state index is 3.97. The summed E-state index contributed by atoms with van der Waals surface area (Å²) in [6, 6.07) is 29.0. The fourth-order valence-corrected chi connectivity index (χ4v) is 7.37. The normalized spacial score (nSPS) is 12.4. The zero-order chi connectivity index (χ0) is 36.9. The number of aryl methyl sites for hydroxylation is 1. The highest BCUT2D eigenvalue weighted by Gasteiger charge is 2.22. The minimum atomic E-state index is 1.11. The Morgan fingerprint density at radius 1 is 0.596 bits per heavy atom. The molecule has 0 bridgehead atoms. The molecule has 0 aliphatic carbocycles. The Hall–Kier alpha value is -5.71. The second-order valence-corrected chi connectivity index (χ2v) is 12.5. The molecule has 3 nitrogen and oxygen atoms in total. The third-order valence-electron chi connectivity index (χ3n) is 9.53. The number of hydrogen-bond donors (Lipinski definition) is 4. The maximum Gasteiger partial charge on any atom is 0.0588 e. The summed E-state index contributed by atoms with van der Waals surface area (Å²) in [6.07, 6.45) is 17.9. The van der Waals surface area contributed by atoms with Crippen LogP contribution in [0, 0.1) is 6.92 Å². The molecule has 4 heteroatoms. The van der Waals surface area contributed by atoms with E-state index >= 15 is 0 Å². The van der Waals surface area contributed by atoms with Crippen LogP contribution in [0.25, 0.3) is 87.7 Å². The molecule has 0 saturated heterocycles. The number of aromatic nitrogens is 3. The number of aromatic amines is 3. The van der Waals surface area contributed by atoms with Crippen LogP contribution in [-0.4, -0.2) is 21.2 Å². The smallest absolute Gasteiger partial charge is 0.0588 e. The van der Waals surface area contributed by atoms with E-state index in [1.807, 2.05) is 32.1 Å². The summed E-state index contributed by atoms with van der Waals surface area (Å²) in [5.74, 6) is 0. The molecule has 8 aromatic rings. The minimum Gasteiger partial charge on any atom is -0.354 e. The van der Waals surface area contributed by atoms with Crippen molar-refractivity contribution in [2.24, 2.45) is 0 Å². The van der Waals surface area contributed by atoms with Crippen LogP contribution in [0.5, 0.6) is 0 Å². The summed E-state index contributed by atoms with van der Waals surface area (Å²) in [4.78, 5) is 11.6. The Balaban J connectivity index is 0.00000112. The van der Waals surface area contributed by atoms with Crippen molar-refractivity contribution in [2.45, 2.75) is 34.6 Å². The van der Waals surface area contributed by atoms with E-state index in [-0.39, 0.29) is 0 Å². The van der Waals surface area contributed by atoms with Gasteiger partial charge in [0.2, 0.25) is 0 Å². The number of rotatable bonds is 7. The number of hydrogen-bond acceptors (Lipinski definition) is 1. The SMILES string of the molecule is C=C/C=C\C(=C/C)c1ccc2[nH]c3c(c2c1)c1[nH]c2ccc(C(/C=C\C)=C/C=C)cc2c1c1[nH]c2ccc(-c4cccc(C)c4)cc2c13.CC.CS. The molecule has 0 atom stereocenters. The molecule has 0 aliphatic rings. The summed E-state index contributed by atoms with van der Waals surface area (Å²) in [6.45, 7) is 18.1. The predicted molar refractivity (Wildman–Crippen MR) is 237 cm³/mol. The average Bonchev–Trinajstić information content (AvgIpc) is 3.87. The quantitative estimate of drug-likeness (QED) is 0.0946. The zero-order valence-electron chi connectivity index (χ0n) is 31.0. The number of allylic oxidation sites excluding steroid dienone is 10. The standard InChI is InChI=1S/C45H37N3.C2H6.CH4S/c1-6-10-15-28(9-4)31-17-20-37-34(24-31)40-43-41(35-25-32(18-21-38(35)47-43)29(12-7-2)13-8-3)45-42(44(40)46-37)36-26-33(19-22-39(36)48-45)30-16-11-14-27(5)23-30;2*1-2/h6-26,46-48H,1-2H2,3-5H3;1-2H3;2H,1H3/b13-8-,15-10-,28-9+,29-12+;;. The van der Waals surface area contributed by atoms with Crippen LogP contribution in [0.4, 0.5) is 0 Å². The Kier molecular flexibility index (Phi) is 10.9. The van der Waals surface area contributed by atoms with Crippen molar-refractivity contribution < 1.29 is 0 Å². The molecule has 0 spiro atoms. The lowest BCUT2D eigenvalue weighted by molar-refractivity contribution is 1.47. The number of H-pyrrole nitrogens is 3. The second-order valence-electron chi connectivity index (χ2n) is 12.5. The van der Waals surface area contributed by atoms with Crippen LogP contribution in [0.3, 0.4) is 0 Å². The molecule has 3 aromatic heterocycles. The fraction of sp³-hybridized carbons (Fsp3) is 0.125. The Morgan fingerprint density at radius 3 is 1.62 bits per heavy atom. The molecule has 0 fully saturated rings. The van der Waals surface area contributed by atoms with Gasteiger partial charge in [-0.15, -0.1) is 0 Å². The van der Waals surface area contributed by atoms with Gasteiger partial charge in [-0.3, -0.25) is 0 Å². The van der Waals surface area contributed by atoms with Crippen LogP contribution in [0.15, 0.2) is 141 Å². The first-order chi connectivity index (χ1) is 25.5. The van der Waals surface area contributed by atoms with E-state index in [0.717, 1.165) is 49.8 Å². The molecule has 0 unspecified atom stereocenters. The Morgan fingerprint density at radius 2 is 1.12 bits per heavy atom. The van der Waals surface area contributed by atoms with E-state index in [4.69, 9.17) is 0 Å². The maximum absolute atomic E-state index is 3.97. The van der Waals surface area contributed by atoms with Gasteiger partial charge in [0.1, 0.15) is 0 Å². The van der Waals surface area contributed by atoms with Crippen molar-refractivity contribution in [3.63, 3.8) is 0 Å². The molecule has 52 heavy (non-hydrogen) atoms. The van der Waals surface area contributed by atoms with E-state index in [1.54, 1.807) is 6.26 Å². The van der Waals surface area contributed by atoms with E-state index < -0.39 is 0 Å². The molecule has 8 rings (SSSR count). The van der Waals surface area contributed by atoms with Crippen LogP contribution >= 0.6 is 12.6 Å². The zero-order valence-corrected chi connectivity index (χ0v) is 31.9. The average molecular weight is 698 g/mol. The number of thiol groups is 1. The summed E-state index contributed by atoms with van der Waals surface area (Å²) < 4.78 is 0. The molecule has 0 radical (unpaired) electrons.